The van der Waals surface area contributed by atoms with Crippen molar-refractivity contribution in [1.29, 1.82) is 0 Å². The first kappa shape index (κ1) is 14.9. The van der Waals surface area contributed by atoms with Gasteiger partial charge in [0, 0.05) is 0 Å². The fourth-order valence-corrected chi connectivity index (χ4v) is 2.27. The average molecular weight is 296 g/mol. The van der Waals surface area contributed by atoms with Crippen molar-refractivity contribution in [3.05, 3.63) is 28.5 Å². The number of nitrogens with two attached hydrogens (primary N) is 1. The maximum absolute atomic E-state index is 13.5. The zero-order chi connectivity index (χ0) is 14.1. The fraction of sp³-hybridized carbons (Fsp3) is 0.300. The Morgan fingerprint density at radius 2 is 2.00 bits per heavy atom. The molecule has 0 aliphatic rings. The van der Waals surface area contributed by atoms with Gasteiger partial charge in [-0.1, -0.05) is 11.6 Å². The van der Waals surface area contributed by atoms with Gasteiger partial charge in [-0.3, -0.25) is 0 Å². The molecule has 0 amide bonds. The second-order valence-electron chi connectivity index (χ2n) is 3.76. The van der Waals surface area contributed by atoms with Gasteiger partial charge in [0.1, 0.15) is 10.7 Å². The summed E-state index contributed by atoms with van der Waals surface area (Å²) in [6.07, 6.45) is -0.467. The molecule has 0 saturated heterocycles. The molecule has 100 valence electrons. The van der Waals surface area contributed by atoms with E-state index in [0.717, 1.165) is 6.07 Å². The summed E-state index contributed by atoms with van der Waals surface area (Å²) in [6, 6.07) is 1.47. The number of esters is 1. The van der Waals surface area contributed by atoms with Crippen molar-refractivity contribution < 1.29 is 22.3 Å². The van der Waals surface area contributed by atoms with Crippen LogP contribution in [0.1, 0.15) is 24.2 Å². The monoisotopic (exact) mass is 295 g/mol. The second kappa shape index (κ2) is 5.21. The van der Waals surface area contributed by atoms with Crippen LogP contribution >= 0.6 is 11.6 Å². The van der Waals surface area contributed by atoms with Gasteiger partial charge in [-0.05, 0) is 26.0 Å². The molecule has 2 N–H and O–H groups in total. The molecular weight excluding hydrogens is 285 g/mol. The summed E-state index contributed by atoms with van der Waals surface area (Å²) >= 11 is 5.55. The largest absolute Gasteiger partial charge is 0.459 e. The maximum Gasteiger partial charge on any atom is 0.341 e. The van der Waals surface area contributed by atoms with Gasteiger partial charge in [-0.25, -0.2) is 22.7 Å². The number of hydrogen-bond donors (Lipinski definition) is 1. The molecule has 0 heterocycles. The lowest BCUT2D eigenvalue weighted by atomic mass is 10.2. The third-order valence-electron chi connectivity index (χ3n) is 1.89. The summed E-state index contributed by atoms with van der Waals surface area (Å²) in [5.41, 5.74) is -0.530. The van der Waals surface area contributed by atoms with E-state index in [1.165, 1.54) is 0 Å². The minimum Gasteiger partial charge on any atom is -0.459 e. The van der Waals surface area contributed by atoms with E-state index < -0.39 is 43.4 Å². The highest BCUT2D eigenvalue weighted by atomic mass is 35.5. The number of sulfonamides is 1. The molecule has 8 heteroatoms. The van der Waals surface area contributed by atoms with Crippen molar-refractivity contribution in [2.24, 2.45) is 5.14 Å². The van der Waals surface area contributed by atoms with Crippen molar-refractivity contribution in [3.8, 4) is 0 Å². The van der Waals surface area contributed by atoms with Crippen LogP contribution in [0, 0.1) is 5.82 Å². The van der Waals surface area contributed by atoms with E-state index in [2.05, 4.69) is 0 Å². The Morgan fingerprint density at radius 3 is 2.44 bits per heavy atom. The SMILES string of the molecule is CC(C)OC(=O)c1cc(S(N)(=O)=O)c(Cl)cc1F. The van der Waals surface area contributed by atoms with E-state index in [1.54, 1.807) is 13.8 Å². The van der Waals surface area contributed by atoms with Crippen LogP contribution in [0.3, 0.4) is 0 Å². The third kappa shape index (κ3) is 3.41. The lowest BCUT2D eigenvalue weighted by molar-refractivity contribution is 0.0372. The van der Waals surface area contributed by atoms with Gasteiger partial charge in [0.2, 0.25) is 10.0 Å². The third-order valence-corrected chi connectivity index (χ3v) is 3.27. The maximum atomic E-state index is 13.5. The van der Waals surface area contributed by atoms with E-state index in [-0.39, 0.29) is 0 Å². The van der Waals surface area contributed by atoms with Gasteiger partial charge < -0.3 is 4.74 Å². The molecule has 0 atom stereocenters. The van der Waals surface area contributed by atoms with E-state index in [9.17, 15) is 17.6 Å². The van der Waals surface area contributed by atoms with Crippen LogP contribution in [0.2, 0.25) is 5.02 Å². The van der Waals surface area contributed by atoms with Crippen LogP contribution in [-0.2, 0) is 14.8 Å². The van der Waals surface area contributed by atoms with Gasteiger partial charge in [0.25, 0.3) is 0 Å². The number of halogens is 2. The molecule has 0 spiro atoms. The van der Waals surface area contributed by atoms with Crippen molar-refractivity contribution in [1.82, 2.24) is 0 Å². The van der Waals surface area contributed by atoms with Crippen molar-refractivity contribution in [2.45, 2.75) is 24.8 Å². The van der Waals surface area contributed by atoms with Gasteiger partial charge in [0.15, 0.2) is 0 Å². The molecule has 0 fully saturated rings. The number of rotatable bonds is 3. The molecule has 0 aliphatic heterocycles. The quantitative estimate of drug-likeness (QED) is 0.860. The standard InChI is InChI=1S/C10H11ClFNO4S/c1-5(2)17-10(14)6-3-9(18(13,15)16)7(11)4-8(6)12/h3-5H,1-2H3,(H2,13,15,16). The molecule has 0 unspecified atom stereocenters. The van der Waals surface area contributed by atoms with Crippen LogP contribution in [0.25, 0.3) is 0 Å². The minimum absolute atomic E-state index is 0.393. The topological polar surface area (TPSA) is 86.5 Å². The molecule has 0 aromatic heterocycles. The normalized spacial score (nSPS) is 11.7. The Labute approximate surface area is 109 Å². The predicted molar refractivity (Wildman–Crippen MR) is 63.3 cm³/mol. The Morgan fingerprint density at radius 1 is 1.44 bits per heavy atom. The smallest absolute Gasteiger partial charge is 0.341 e. The van der Waals surface area contributed by atoms with Gasteiger partial charge >= 0.3 is 5.97 Å². The minimum atomic E-state index is -4.14. The zero-order valence-electron chi connectivity index (χ0n) is 9.61. The Kier molecular flexibility index (Phi) is 4.31. The summed E-state index contributed by atoms with van der Waals surface area (Å²) in [4.78, 5) is 11.0. The molecule has 0 bridgehead atoms. The van der Waals surface area contributed by atoms with Crippen LogP contribution in [-0.4, -0.2) is 20.5 Å². The van der Waals surface area contributed by atoms with Crippen LogP contribution < -0.4 is 5.14 Å². The van der Waals surface area contributed by atoms with Gasteiger partial charge in [-0.2, -0.15) is 0 Å². The molecule has 0 aliphatic carbocycles. The number of hydrogen-bond acceptors (Lipinski definition) is 4. The number of benzene rings is 1. The van der Waals surface area contributed by atoms with Crippen LogP contribution in [0.15, 0.2) is 17.0 Å². The van der Waals surface area contributed by atoms with Crippen LogP contribution in [0.5, 0.6) is 0 Å². The first-order chi connectivity index (χ1) is 8.12. The van der Waals surface area contributed by atoms with Gasteiger partial charge in [0.05, 0.1) is 16.7 Å². The second-order valence-corrected chi connectivity index (χ2v) is 5.70. The summed E-state index contributed by atoms with van der Waals surface area (Å²) < 4.78 is 40.6. The molecule has 18 heavy (non-hydrogen) atoms. The molecule has 0 radical (unpaired) electrons. The molecular formula is C10H11ClFNO4S. The number of carbonyl (C=O) groups is 1. The summed E-state index contributed by atoms with van der Waals surface area (Å²) in [6.45, 7) is 3.15. The van der Waals surface area contributed by atoms with E-state index in [1.807, 2.05) is 0 Å². The zero-order valence-corrected chi connectivity index (χ0v) is 11.2. The highest BCUT2D eigenvalue weighted by Crippen LogP contribution is 2.24. The molecule has 1 aromatic carbocycles. The molecule has 5 nitrogen and oxygen atoms in total. The van der Waals surface area contributed by atoms with E-state index in [4.69, 9.17) is 21.5 Å². The summed E-state index contributed by atoms with van der Waals surface area (Å²) in [5.74, 6) is -1.96. The molecule has 1 rings (SSSR count). The van der Waals surface area contributed by atoms with E-state index in [0.29, 0.717) is 6.07 Å². The summed E-state index contributed by atoms with van der Waals surface area (Å²) in [7, 11) is -4.14. The highest BCUT2D eigenvalue weighted by Gasteiger charge is 2.22. The lowest BCUT2D eigenvalue weighted by Gasteiger charge is -2.10. The predicted octanol–water partition coefficient (Wildman–Crippen LogP) is 1.69. The molecule has 1 aromatic rings. The van der Waals surface area contributed by atoms with E-state index >= 15 is 0 Å². The average Bonchev–Trinajstić information content (AvgIpc) is 2.13. The number of ether oxygens (including phenoxy) is 1. The lowest BCUT2D eigenvalue weighted by Crippen LogP contribution is -2.17. The first-order valence-electron chi connectivity index (χ1n) is 4.85. The Bertz CT molecular complexity index is 586. The fourth-order valence-electron chi connectivity index (χ4n) is 1.18. The first-order valence-corrected chi connectivity index (χ1v) is 6.78. The summed E-state index contributed by atoms with van der Waals surface area (Å²) in [5, 5.41) is 4.50. The highest BCUT2D eigenvalue weighted by molar-refractivity contribution is 7.89. The van der Waals surface area contributed by atoms with Crippen LogP contribution in [0.4, 0.5) is 4.39 Å². The van der Waals surface area contributed by atoms with Crippen molar-refractivity contribution >= 4 is 27.6 Å². The molecule has 0 saturated carbocycles. The Hall–Kier alpha value is -1.18. The number of carbonyl (C=O) groups excluding carboxylic acids is 1. The van der Waals surface area contributed by atoms with Gasteiger partial charge in [-0.15, -0.1) is 0 Å². The number of primary sulfonamides is 1. The Balaban J connectivity index is 3.34. The van der Waals surface area contributed by atoms with Crippen molar-refractivity contribution in [3.63, 3.8) is 0 Å². The van der Waals surface area contributed by atoms with Crippen molar-refractivity contribution in [2.75, 3.05) is 0 Å².